The predicted molar refractivity (Wildman–Crippen MR) is 93.7 cm³/mol. The summed E-state index contributed by atoms with van der Waals surface area (Å²) in [5, 5.41) is 29.4. The number of benzene rings is 1. The maximum absolute atomic E-state index is 10.3. The molecule has 2 aliphatic rings. The normalized spacial score (nSPS) is 28.5. The highest BCUT2D eigenvalue weighted by Crippen LogP contribution is 2.44. The molecule has 3 rings (SSSR count). The summed E-state index contributed by atoms with van der Waals surface area (Å²) in [5.74, 6) is 1.18. The highest BCUT2D eigenvalue weighted by atomic mass is 16.7. The van der Waals surface area contributed by atoms with E-state index >= 15 is 0 Å². The molecule has 1 aromatic rings. The lowest BCUT2D eigenvalue weighted by molar-refractivity contribution is -0.225. The zero-order valence-electron chi connectivity index (χ0n) is 15.3. The molecule has 0 radical (unpaired) electrons. The Morgan fingerprint density at radius 2 is 2.04 bits per heavy atom. The molecule has 146 valence electrons. The first-order valence-corrected chi connectivity index (χ1v) is 9.07. The summed E-state index contributed by atoms with van der Waals surface area (Å²) in [5.41, 5.74) is 2.11. The Balaban J connectivity index is 1.64. The van der Waals surface area contributed by atoms with E-state index in [4.69, 9.17) is 18.9 Å². The van der Waals surface area contributed by atoms with Crippen LogP contribution < -0.4 is 9.47 Å². The molecule has 0 bridgehead atoms. The van der Waals surface area contributed by atoms with Crippen LogP contribution in [0.4, 0.5) is 0 Å². The number of ether oxygens (including phenoxy) is 4. The average Bonchev–Trinajstić information content (AvgIpc) is 2.65. The number of aromatic hydroxyl groups is 1. The lowest BCUT2D eigenvalue weighted by Crippen LogP contribution is -2.39. The molecule has 1 aliphatic heterocycles. The van der Waals surface area contributed by atoms with E-state index < -0.39 is 12.4 Å². The first kappa shape index (κ1) is 19.2. The topological polar surface area (TPSA) is 97.6 Å². The van der Waals surface area contributed by atoms with Crippen LogP contribution in [0.3, 0.4) is 0 Å². The Morgan fingerprint density at radius 3 is 2.73 bits per heavy atom. The second-order valence-corrected chi connectivity index (χ2v) is 7.04. The van der Waals surface area contributed by atoms with Crippen molar-refractivity contribution in [3.8, 4) is 17.2 Å². The Bertz CT molecular complexity index is 618. The Labute approximate surface area is 153 Å². The number of aliphatic hydroxyl groups excluding tert-OH is 2. The summed E-state index contributed by atoms with van der Waals surface area (Å²) in [6, 6.07) is 1.87. The van der Waals surface area contributed by atoms with E-state index in [-0.39, 0.29) is 24.4 Å². The van der Waals surface area contributed by atoms with Gasteiger partial charge in [-0.15, -0.1) is 0 Å². The molecule has 1 saturated heterocycles. The third kappa shape index (κ3) is 4.06. The number of fused-ring (bicyclic) bond motifs is 1. The number of phenols is 1. The van der Waals surface area contributed by atoms with Gasteiger partial charge in [0.2, 0.25) is 5.75 Å². The van der Waals surface area contributed by atoms with Gasteiger partial charge in [0.05, 0.1) is 39.6 Å². The molecule has 4 atom stereocenters. The van der Waals surface area contributed by atoms with Gasteiger partial charge < -0.3 is 34.3 Å². The summed E-state index contributed by atoms with van der Waals surface area (Å²) < 4.78 is 22.2. The number of hydrogen-bond donors (Lipinski definition) is 3. The standard InChI is InChI=1S/C19H28O7/c1-23-16-6-12-4-3-11(5-15(12)19(24-2)18(16)22)10-25-17-8-13(21)7-14(9-20)26-17/h6,11,13-14,17,20-22H,3-5,7-10H2,1-2H3/t11?,13-,14?,17+/m0/s1. The van der Waals surface area contributed by atoms with E-state index in [1.165, 1.54) is 7.11 Å². The molecule has 1 heterocycles. The fourth-order valence-corrected chi connectivity index (χ4v) is 3.85. The fraction of sp³-hybridized carbons (Fsp3) is 0.684. The predicted octanol–water partition coefficient (Wildman–Crippen LogP) is 1.39. The molecule has 3 N–H and O–H groups in total. The third-order valence-corrected chi connectivity index (χ3v) is 5.22. The molecule has 0 aromatic heterocycles. The maximum Gasteiger partial charge on any atom is 0.201 e. The van der Waals surface area contributed by atoms with Crippen molar-refractivity contribution in [3.05, 3.63) is 17.2 Å². The fourth-order valence-electron chi connectivity index (χ4n) is 3.85. The molecule has 0 amide bonds. The van der Waals surface area contributed by atoms with E-state index in [0.29, 0.717) is 30.9 Å². The van der Waals surface area contributed by atoms with Gasteiger partial charge >= 0.3 is 0 Å². The molecule has 2 unspecified atom stereocenters. The highest BCUT2D eigenvalue weighted by molar-refractivity contribution is 5.59. The SMILES string of the molecule is COc1cc2c(c(OC)c1O)CC(CO[C@H]1C[C@@H](O)CC(CO)O1)CC2. The molecule has 1 aromatic carbocycles. The first-order valence-electron chi connectivity index (χ1n) is 9.07. The van der Waals surface area contributed by atoms with Crippen LogP contribution in [0.2, 0.25) is 0 Å². The van der Waals surface area contributed by atoms with Gasteiger partial charge in [-0.25, -0.2) is 0 Å². The van der Waals surface area contributed by atoms with E-state index in [1.807, 2.05) is 6.07 Å². The molecule has 7 nitrogen and oxygen atoms in total. The van der Waals surface area contributed by atoms with Gasteiger partial charge in [-0.05, 0) is 36.8 Å². The maximum atomic E-state index is 10.3. The smallest absolute Gasteiger partial charge is 0.201 e. The Morgan fingerprint density at radius 1 is 1.23 bits per heavy atom. The van der Waals surface area contributed by atoms with Crippen molar-refractivity contribution < 1.29 is 34.3 Å². The zero-order valence-corrected chi connectivity index (χ0v) is 15.3. The number of methoxy groups -OCH3 is 2. The van der Waals surface area contributed by atoms with E-state index in [1.54, 1.807) is 7.11 Å². The third-order valence-electron chi connectivity index (χ3n) is 5.22. The molecule has 1 fully saturated rings. The van der Waals surface area contributed by atoms with Crippen LogP contribution in [0.25, 0.3) is 0 Å². The molecule has 26 heavy (non-hydrogen) atoms. The van der Waals surface area contributed by atoms with Crippen molar-refractivity contribution in [2.75, 3.05) is 27.4 Å². The van der Waals surface area contributed by atoms with Gasteiger partial charge in [-0.1, -0.05) is 0 Å². The molecule has 0 spiro atoms. The minimum Gasteiger partial charge on any atom is -0.502 e. The van der Waals surface area contributed by atoms with Crippen LogP contribution in [-0.2, 0) is 22.3 Å². The van der Waals surface area contributed by atoms with E-state index in [2.05, 4.69) is 0 Å². The lowest BCUT2D eigenvalue weighted by Gasteiger charge is -2.34. The van der Waals surface area contributed by atoms with Gasteiger partial charge in [0.15, 0.2) is 17.8 Å². The van der Waals surface area contributed by atoms with Crippen molar-refractivity contribution in [1.29, 1.82) is 0 Å². The molecule has 0 saturated carbocycles. The van der Waals surface area contributed by atoms with Crippen molar-refractivity contribution in [2.24, 2.45) is 5.92 Å². The van der Waals surface area contributed by atoms with Gasteiger partial charge in [0, 0.05) is 18.4 Å². The molecule has 1 aliphatic carbocycles. The van der Waals surface area contributed by atoms with E-state index in [9.17, 15) is 15.3 Å². The summed E-state index contributed by atoms with van der Waals surface area (Å²) in [7, 11) is 3.07. The van der Waals surface area contributed by atoms with Crippen molar-refractivity contribution in [1.82, 2.24) is 0 Å². The lowest BCUT2D eigenvalue weighted by atomic mass is 9.83. The van der Waals surface area contributed by atoms with Crippen LogP contribution in [0.5, 0.6) is 17.2 Å². The quantitative estimate of drug-likeness (QED) is 0.698. The number of aliphatic hydroxyl groups is 2. The zero-order chi connectivity index (χ0) is 18.7. The van der Waals surface area contributed by atoms with Crippen molar-refractivity contribution in [2.45, 2.75) is 50.6 Å². The number of rotatable bonds is 6. The van der Waals surface area contributed by atoms with Crippen LogP contribution in [0.1, 0.15) is 30.4 Å². The summed E-state index contributed by atoms with van der Waals surface area (Å²) in [4.78, 5) is 0. The molecular weight excluding hydrogens is 340 g/mol. The number of hydrogen-bond acceptors (Lipinski definition) is 7. The summed E-state index contributed by atoms with van der Waals surface area (Å²) in [6.45, 7) is 0.372. The van der Waals surface area contributed by atoms with Gasteiger partial charge in [0.25, 0.3) is 0 Å². The minimum absolute atomic E-state index is 0.0276. The Hall–Kier alpha value is -1.54. The number of aryl methyl sites for hydroxylation is 1. The van der Waals surface area contributed by atoms with E-state index in [0.717, 1.165) is 30.4 Å². The molecular formula is C19H28O7. The largest absolute Gasteiger partial charge is 0.502 e. The van der Waals surface area contributed by atoms with Crippen molar-refractivity contribution in [3.63, 3.8) is 0 Å². The highest BCUT2D eigenvalue weighted by Gasteiger charge is 2.31. The second-order valence-electron chi connectivity index (χ2n) is 7.04. The van der Waals surface area contributed by atoms with Crippen molar-refractivity contribution >= 4 is 0 Å². The minimum atomic E-state index is -0.512. The van der Waals surface area contributed by atoms with Crippen LogP contribution in [0, 0.1) is 5.92 Å². The van der Waals surface area contributed by atoms with Crippen LogP contribution in [-0.4, -0.2) is 61.3 Å². The van der Waals surface area contributed by atoms with Gasteiger partial charge in [-0.2, -0.15) is 0 Å². The Kier molecular flexibility index (Phi) is 6.24. The second kappa shape index (κ2) is 8.43. The summed E-state index contributed by atoms with van der Waals surface area (Å²) >= 11 is 0. The molecule has 7 heteroatoms. The van der Waals surface area contributed by atoms with Gasteiger partial charge in [-0.3, -0.25) is 0 Å². The van der Waals surface area contributed by atoms with Crippen LogP contribution in [0.15, 0.2) is 6.07 Å². The average molecular weight is 368 g/mol. The first-order chi connectivity index (χ1) is 12.5. The summed E-state index contributed by atoms with van der Waals surface area (Å²) in [6.07, 6.45) is 2.00. The van der Waals surface area contributed by atoms with Gasteiger partial charge in [0.1, 0.15) is 0 Å². The number of phenolic OH excluding ortho intramolecular Hbond substituents is 1. The monoisotopic (exact) mass is 368 g/mol. The van der Waals surface area contributed by atoms with Crippen LogP contribution >= 0.6 is 0 Å².